The number of amides is 1. The van der Waals surface area contributed by atoms with Crippen molar-refractivity contribution in [1.29, 1.82) is 0 Å². The second-order valence-corrected chi connectivity index (χ2v) is 7.67. The van der Waals surface area contributed by atoms with Crippen LogP contribution in [0.3, 0.4) is 0 Å². The van der Waals surface area contributed by atoms with Gasteiger partial charge in [-0.05, 0) is 31.5 Å². The summed E-state index contributed by atoms with van der Waals surface area (Å²) < 4.78 is 30.1. The molecule has 0 aliphatic rings. The van der Waals surface area contributed by atoms with Gasteiger partial charge < -0.3 is 15.2 Å². The summed E-state index contributed by atoms with van der Waals surface area (Å²) in [7, 11) is -2.07. The van der Waals surface area contributed by atoms with Gasteiger partial charge in [0.25, 0.3) is 5.91 Å². The third kappa shape index (κ3) is 6.17. The molecule has 9 heteroatoms. The van der Waals surface area contributed by atoms with Crippen molar-refractivity contribution in [2.45, 2.75) is 25.8 Å². The van der Waals surface area contributed by atoms with Crippen molar-refractivity contribution in [3.05, 3.63) is 29.3 Å². The van der Waals surface area contributed by atoms with Gasteiger partial charge in [-0.25, -0.2) is 8.42 Å². The molecule has 0 aliphatic heterocycles. The van der Waals surface area contributed by atoms with Crippen LogP contribution in [0.1, 0.15) is 29.3 Å². The number of carboxylic acid groups (broad SMARTS) is 1. The fourth-order valence-corrected chi connectivity index (χ4v) is 2.82. The van der Waals surface area contributed by atoms with E-state index >= 15 is 0 Å². The van der Waals surface area contributed by atoms with E-state index in [1.165, 1.54) is 19.2 Å². The monoisotopic (exact) mass is 358 g/mol. The van der Waals surface area contributed by atoms with Crippen LogP contribution < -0.4 is 10.0 Å². The molecule has 0 heterocycles. The van der Waals surface area contributed by atoms with E-state index in [-0.39, 0.29) is 24.3 Å². The van der Waals surface area contributed by atoms with Gasteiger partial charge in [-0.1, -0.05) is 6.07 Å². The maximum Gasteiger partial charge on any atom is 0.305 e. The van der Waals surface area contributed by atoms with E-state index in [1.807, 2.05) is 0 Å². The third-order valence-corrected chi connectivity index (χ3v) is 3.81. The highest BCUT2D eigenvalue weighted by Gasteiger charge is 2.30. The number of hydrogen-bond donors (Lipinski definition) is 3. The van der Waals surface area contributed by atoms with Gasteiger partial charge in [-0.15, -0.1) is 0 Å². The third-order valence-electron chi connectivity index (χ3n) is 3.21. The van der Waals surface area contributed by atoms with Crippen molar-refractivity contribution >= 4 is 27.6 Å². The quantitative estimate of drug-likeness (QED) is 0.637. The Balaban J connectivity index is 3.06. The smallest absolute Gasteiger partial charge is 0.305 e. The van der Waals surface area contributed by atoms with Crippen molar-refractivity contribution in [3.63, 3.8) is 0 Å². The molecule has 0 radical (unpaired) electrons. The van der Waals surface area contributed by atoms with Crippen LogP contribution in [0.25, 0.3) is 0 Å². The number of methoxy groups -OCH3 is 1. The molecule has 24 heavy (non-hydrogen) atoms. The number of carbonyl (C=O) groups is 2. The Kier molecular flexibility index (Phi) is 6.33. The second kappa shape index (κ2) is 7.63. The Morgan fingerprint density at radius 1 is 1.33 bits per heavy atom. The summed E-state index contributed by atoms with van der Waals surface area (Å²) in [6.45, 7) is 3.28. The predicted octanol–water partition coefficient (Wildman–Crippen LogP) is 0.976. The lowest BCUT2D eigenvalue weighted by molar-refractivity contribution is -0.139. The fourth-order valence-electron chi connectivity index (χ4n) is 2.20. The normalized spacial score (nSPS) is 13.8. The number of carbonyl (C=O) groups excluding carboxylic acids is 1. The van der Waals surface area contributed by atoms with E-state index < -0.39 is 27.4 Å². The Morgan fingerprint density at radius 2 is 1.96 bits per heavy atom. The first-order chi connectivity index (χ1) is 11.0. The molecule has 8 nitrogen and oxygen atoms in total. The van der Waals surface area contributed by atoms with Crippen LogP contribution in [-0.4, -0.2) is 50.9 Å². The number of sulfonamides is 1. The van der Waals surface area contributed by atoms with Crippen LogP contribution >= 0.6 is 0 Å². The number of benzene rings is 1. The maximum atomic E-state index is 12.4. The summed E-state index contributed by atoms with van der Waals surface area (Å²) in [5, 5.41) is 11.6. The molecule has 0 aromatic heterocycles. The molecule has 0 fully saturated rings. The lowest BCUT2D eigenvalue weighted by Crippen LogP contribution is -2.50. The van der Waals surface area contributed by atoms with Gasteiger partial charge in [0.2, 0.25) is 10.0 Å². The van der Waals surface area contributed by atoms with Crippen LogP contribution in [0.4, 0.5) is 5.69 Å². The van der Waals surface area contributed by atoms with Gasteiger partial charge in [0.1, 0.15) is 0 Å². The van der Waals surface area contributed by atoms with Crippen LogP contribution in [0.5, 0.6) is 0 Å². The summed E-state index contributed by atoms with van der Waals surface area (Å²) in [5.74, 6) is -1.59. The fraction of sp³-hybridized carbons (Fsp3) is 0.467. The largest absolute Gasteiger partial charge is 0.481 e. The van der Waals surface area contributed by atoms with E-state index in [0.29, 0.717) is 5.56 Å². The number of aryl methyl sites for hydroxylation is 1. The molecule has 3 N–H and O–H groups in total. The van der Waals surface area contributed by atoms with E-state index in [4.69, 9.17) is 9.84 Å². The van der Waals surface area contributed by atoms with Crippen LogP contribution in [-0.2, 0) is 19.6 Å². The van der Waals surface area contributed by atoms with E-state index in [0.717, 1.165) is 6.26 Å². The number of anilines is 1. The molecule has 1 aromatic carbocycles. The Labute approximate surface area is 141 Å². The topological polar surface area (TPSA) is 122 Å². The van der Waals surface area contributed by atoms with Crippen molar-refractivity contribution in [2.75, 3.05) is 24.7 Å². The number of hydrogen-bond acceptors (Lipinski definition) is 5. The lowest BCUT2D eigenvalue weighted by Gasteiger charge is -2.28. The Bertz CT molecular complexity index is 731. The van der Waals surface area contributed by atoms with Gasteiger partial charge in [0.15, 0.2) is 0 Å². The second-order valence-electron chi connectivity index (χ2n) is 5.92. The van der Waals surface area contributed by atoms with E-state index in [9.17, 15) is 18.0 Å². The lowest BCUT2D eigenvalue weighted by atomic mass is 9.98. The summed E-state index contributed by atoms with van der Waals surface area (Å²) in [4.78, 5) is 23.4. The SMILES string of the molecule is COCC(C)(CC(=O)O)NC(=O)c1ccc(C)c(NS(C)(=O)=O)c1. The average Bonchev–Trinajstić information content (AvgIpc) is 2.38. The first-order valence-electron chi connectivity index (χ1n) is 7.07. The van der Waals surface area contributed by atoms with Gasteiger partial charge in [-0.3, -0.25) is 14.3 Å². The van der Waals surface area contributed by atoms with E-state index in [1.54, 1.807) is 19.9 Å². The Morgan fingerprint density at radius 3 is 2.46 bits per heavy atom. The zero-order chi connectivity index (χ0) is 18.5. The molecular formula is C15H22N2O6S. The molecule has 1 unspecified atom stereocenters. The highest BCUT2D eigenvalue weighted by Crippen LogP contribution is 2.19. The Hall–Kier alpha value is -2.13. The summed E-state index contributed by atoms with van der Waals surface area (Å²) in [6, 6.07) is 4.54. The molecule has 1 amide bonds. The molecule has 1 rings (SSSR count). The van der Waals surface area contributed by atoms with Crippen molar-refractivity contribution < 1.29 is 27.9 Å². The summed E-state index contributed by atoms with van der Waals surface area (Å²) in [5.41, 5.74) is 0.0611. The number of carboxylic acids is 1. The number of rotatable bonds is 8. The summed E-state index contributed by atoms with van der Waals surface area (Å²) >= 11 is 0. The van der Waals surface area contributed by atoms with Gasteiger partial charge in [0.05, 0.1) is 30.5 Å². The highest BCUT2D eigenvalue weighted by atomic mass is 32.2. The molecule has 0 spiro atoms. The van der Waals surface area contributed by atoms with Crippen molar-refractivity contribution in [2.24, 2.45) is 0 Å². The molecule has 1 aromatic rings. The number of aliphatic carboxylic acids is 1. The number of ether oxygens (including phenoxy) is 1. The molecule has 0 saturated carbocycles. The molecular weight excluding hydrogens is 336 g/mol. The maximum absolute atomic E-state index is 12.4. The van der Waals surface area contributed by atoms with Crippen LogP contribution in [0.15, 0.2) is 18.2 Å². The molecule has 134 valence electrons. The molecule has 0 aliphatic carbocycles. The molecule has 0 bridgehead atoms. The zero-order valence-electron chi connectivity index (χ0n) is 14.0. The van der Waals surface area contributed by atoms with Gasteiger partial charge in [-0.2, -0.15) is 0 Å². The minimum Gasteiger partial charge on any atom is -0.481 e. The van der Waals surface area contributed by atoms with Gasteiger partial charge >= 0.3 is 5.97 Å². The zero-order valence-corrected chi connectivity index (χ0v) is 14.9. The van der Waals surface area contributed by atoms with E-state index in [2.05, 4.69) is 10.0 Å². The summed E-state index contributed by atoms with van der Waals surface area (Å²) in [6.07, 6.45) is 0.703. The first-order valence-corrected chi connectivity index (χ1v) is 8.96. The minimum atomic E-state index is -3.48. The van der Waals surface area contributed by atoms with Crippen molar-refractivity contribution in [1.82, 2.24) is 5.32 Å². The van der Waals surface area contributed by atoms with Crippen LogP contribution in [0.2, 0.25) is 0 Å². The highest BCUT2D eigenvalue weighted by molar-refractivity contribution is 7.92. The number of nitrogens with one attached hydrogen (secondary N) is 2. The molecule has 0 saturated heterocycles. The van der Waals surface area contributed by atoms with Crippen molar-refractivity contribution in [3.8, 4) is 0 Å². The molecule has 1 atom stereocenters. The van der Waals surface area contributed by atoms with Gasteiger partial charge in [0, 0.05) is 12.7 Å². The predicted molar refractivity (Wildman–Crippen MR) is 89.6 cm³/mol. The average molecular weight is 358 g/mol. The minimum absolute atomic E-state index is 0.0192. The standard InChI is InChI=1S/C15H22N2O6S/c1-10-5-6-11(7-12(10)17-24(4,21)22)14(20)16-15(2,9-23-3)8-13(18)19/h5-7,17H,8-9H2,1-4H3,(H,16,20)(H,18,19). The van der Waals surface area contributed by atoms with Crippen LogP contribution in [0, 0.1) is 6.92 Å². The first kappa shape index (κ1) is 19.9.